The summed E-state index contributed by atoms with van der Waals surface area (Å²) in [6.07, 6.45) is 2.26. The predicted molar refractivity (Wildman–Crippen MR) is 107 cm³/mol. The molecule has 0 aliphatic carbocycles. The number of hydrogen-bond donors (Lipinski definition) is 2. The molecule has 3 aromatic rings. The van der Waals surface area contributed by atoms with Crippen molar-refractivity contribution in [3.8, 4) is 6.07 Å². The first-order valence-electron chi connectivity index (χ1n) is 8.61. The van der Waals surface area contributed by atoms with Crippen molar-refractivity contribution in [3.05, 3.63) is 47.7 Å². The molecule has 0 aliphatic heterocycles. The van der Waals surface area contributed by atoms with E-state index in [0.29, 0.717) is 11.0 Å². The van der Waals surface area contributed by atoms with Crippen molar-refractivity contribution in [2.45, 2.75) is 24.5 Å². The lowest BCUT2D eigenvalue weighted by Crippen LogP contribution is -2.26. The molecule has 0 bridgehead atoms. The summed E-state index contributed by atoms with van der Waals surface area (Å²) < 4.78 is 3.03. The molecule has 10 heteroatoms. The topological polar surface area (TPSA) is 127 Å². The molecular weight excluding hydrogens is 376 g/mol. The zero-order valence-electron chi connectivity index (χ0n) is 15.5. The number of benzene rings is 1. The molecule has 28 heavy (non-hydrogen) atoms. The fourth-order valence-corrected chi connectivity index (χ4v) is 3.67. The molecule has 2 aromatic heterocycles. The van der Waals surface area contributed by atoms with Crippen molar-refractivity contribution >= 4 is 29.4 Å². The average molecular weight is 396 g/mol. The summed E-state index contributed by atoms with van der Waals surface area (Å²) in [7, 11) is 1.65. The third-order valence-corrected chi connectivity index (χ3v) is 5.17. The van der Waals surface area contributed by atoms with Gasteiger partial charge in [0.2, 0.25) is 11.9 Å². The van der Waals surface area contributed by atoms with Gasteiger partial charge in [-0.05, 0) is 18.9 Å². The number of nitrogens with one attached hydrogen (secondary N) is 1. The third kappa shape index (κ3) is 4.15. The average Bonchev–Trinajstić information content (AvgIpc) is 3.24. The molecule has 1 unspecified atom stereocenters. The van der Waals surface area contributed by atoms with Gasteiger partial charge in [0, 0.05) is 12.8 Å². The van der Waals surface area contributed by atoms with Gasteiger partial charge in [-0.25, -0.2) is 0 Å². The smallest absolute Gasteiger partial charge is 0.248 e. The molecule has 0 spiro atoms. The normalized spacial score (nSPS) is 11.8. The minimum atomic E-state index is -0.657. The van der Waals surface area contributed by atoms with Crippen LogP contribution in [0.5, 0.6) is 0 Å². The summed E-state index contributed by atoms with van der Waals surface area (Å²) >= 11 is 1.49. The fraction of sp³-hybridized carbons (Fsp3) is 0.278. The quantitative estimate of drug-likeness (QED) is 0.585. The van der Waals surface area contributed by atoms with Crippen LogP contribution in [0.3, 0.4) is 0 Å². The van der Waals surface area contributed by atoms with Crippen LogP contribution in [0, 0.1) is 11.3 Å². The number of carbonyl (C=O) groups excluding carboxylic acids is 1. The van der Waals surface area contributed by atoms with Crippen LogP contribution in [0.1, 0.15) is 24.1 Å². The van der Waals surface area contributed by atoms with Crippen LogP contribution in [0.2, 0.25) is 0 Å². The van der Waals surface area contributed by atoms with E-state index in [1.54, 1.807) is 18.5 Å². The first kappa shape index (κ1) is 19.4. The number of anilines is 2. The van der Waals surface area contributed by atoms with Gasteiger partial charge < -0.3 is 11.1 Å². The van der Waals surface area contributed by atoms with Crippen LogP contribution >= 0.6 is 11.8 Å². The van der Waals surface area contributed by atoms with Crippen molar-refractivity contribution in [1.29, 1.82) is 5.26 Å². The number of nitrogens with two attached hydrogens (primary N) is 1. The third-order valence-electron chi connectivity index (χ3n) is 4.22. The van der Waals surface area contributed by atoms with Gasteiger partial charge in [0.05, 0.1) is 6.20 Å². The Labute approximate surface area is 166 Å². The molecule has 0 saturated heterocycles. The molecule has 1 atom stereocenters. The minimum Gasteiger partial charge on any atom is -0.368 e. The van der Waals surface area contributed by atoms with E-state index in [1.807, 2.05) is 24.3 Å². The van der Waals surface area contributed by atoms with Crippen molar-refractivity contribution in [3.63, 3.8) is 0 Å². The molecular formula is C18H20N8OS. The van der Waals surface area contributed by atoms with E-state index in [1.165, 1.54) is 28.2 Å². The Morgan fingerprint density at radius 3 is 2.82 bits per heavy atom. The minimum absolute atomic E-state index is 0.162. The highest BCUT2D eigenvalue weighted by Crippen LogP contribution is 2.25. The lowest BCUT2D eigenvalue weighted by Gasteiger charge is -2.16. The summed E-state index contributed by atoms with van der Waals surface area (Å²) in [4.78, 5) is 12.7. The Morgan fingerprint density at radius 1 is 1.36 bits per heavy atom. The molecule has 1 amide bonds. The van der Waals surface area contributed by atoms with Crippen molar-refractivity contribution in [2.24, 2.45) is 7.05 Å². The van der Waals surface area contributed by atoms with Gasteiger partial charge in [0.25, 0.3) is 0 Å². The maximum Gasteiger partial charge on any atom is 0.248 e. The number of carbonyl (C=O) groups is 1. The molecule has 1 aromatic carbocycles. The van der Waals surface area contributed by atoms with E-state index in [-0.39, 0.29) is 17.4 Å². The number of amides is 1. The zero-order valence-corrected chi connectivity index (χ0v) is 16.3. The first-order valence-corrected chi connectivity index (χ1v) is 9.60. The fourth-order valence-electron chi connectivity index (χ4n) is 2.66. The summed E-state index contributed by atoms with van der Waals surface area (Å²) in [5.74, 6) is 0.938. The number of hydrogen-bond acceptors (Lipinski definition) is 7. The molecule has 0 aliphatic rings. The van der Waals surface area contributed by atoms with Crippen LogP contribution in [0.25, 0.3) is 0 Å². The van der Waals surface area contributed by atoms with Crippen molar-refractivity contribution < 1.29 is 4.79 Å². The second-order valence-electron chi connectivity index (χ2n) is 6.10. The highest BCUT2D eigenvalue weighted by molar-refractivity contribution is 7.99. The molecule has 0 saturated carbocycles. The Kier molecular flexibility index (Phi) is 5.96. The van der Waals surface area contributed by atoms with Crippen LogP contribution in [-0.2, 0) is 18.3 Å². The van der Waals surface area contributed by atoms with Gasteiger partial charge in [-0.3, -0.25) is 14.0 Å². The standard InChI is InChI=1S/C18H20N8OS/c1-12(16(27)22-15-14(10-19)11-21-25(15)2)26-17(20)23-24-18(26)28-9-8-13-6-4-3-5-7-13/h3-7,11-12H,8-9H2,1-2H3,(H2,20,23)(H,22,27). The second kappa shape index (κ2) is 8.58. The second-order valence-corrected chi connectivity index (χ2v) is 7.16. The molecule has 0 radical (unpaired) electrons. The van der Waals surface area contributed by atoms with Gasteiger partial charge in [-0.15, -0.1) is 10.2 Å². The maximum absolute atomic E-state index is 12.7. The summed E-state index contributed by atoms with van der Waals surface area (Å²) in [6.45, 7) is 1.71. The lowest BCUT2D eigenvalue weighted by molar-refractivity contribution is -0.119. The number of aromatic nitrogens is 5. The number of aryl methyl sites for hydroxylation is 2. The van der Waals surface area contributed by atoms with Gasteiger partial charge in [0.1, 0.15) is 23.5 Å². The maximum atomic E-state index is 12.7. The number of nitriles is 1. The highest BCUT2D eigenvalue weighted by Gasteiger charge is 2.24. The number of nitrogen functional groups attached to an aromatic ring is 1. The SMILES string of the molecule is CC(C(=O)Nc1c(C#N)cnn1C)n1c(N)nnc1SCCc1ccccc1. The van der Waals surface area contributed by atoms with E-state index >= 15 is 0 Å². The number of thioether (sulfide) groups is 1. The van der Waals surface area contributed by atoms with E-state index in [4.69, 9.17) is 11.0 Å². The predicted octanol–water partition coefficient (Wildman–Crippen LogP) is 2.00. The number of rotatable bonds is 7. The van der Waals surface area contributed by atoms with Gasteiger partial charge in [-0.2, -0.15) is 10.4 Å². The van der Waals surface area contributed by atoms with Crippen LogP contribution in [0.4, 0.5) is 11.8 Å². The van der Waals surface area contributed by atoms with E-state index < -0.39 is 6.04 Å². The molecule has 0 fully saturated rings. The first-order chi connectivity index (χ1) is 13.5. The Balaban J connectivity index is 1.70. The summed E-state index contributed by atoms with van der Waals surface area (Å²) in [5.41, 5.74) is 7.46. The van der Waals surface area contributed by atoms with Gasteiger partial charge >= 0.3 is 0 Å². The zero-order chi connectivity index (χ0) is 20.1. The summed E-state index contributed by atoms with van der Waals surface area (Å²) in [6, 6.07) is 11.5. The molecule has 2 heterocycles. The van der Waals surface area contributed by atoms with Crippen molar-refractivity contribution in [2.75, 3.05) is 16.8 Å². The monoisotopic (exact) mass is 396 g/mol. The van der Waals surface area contributed by atoms with Crippen LogP contribution < -0.4 is 11.1 Å². The van der Waals surface area contributed by atoms with E-state index in [2.05, 4.69) is 32.7 Å². The van der Waals surface area contributed by atoms with Crippen LogP contribution in [0.15, 0.2) is 41.7 Å². The Hall–Kier alpha value is -3.32. The van der Waals surface area contributed by atoms with Crippen LogP contribution in [-0.4, -0.2) is 36.2 Å². The van der Waals surface area contributed by atoms with E-state index in [0.717, 1.165) is 12.2 Å². The molecule has 9 nitrogen and oxygen atoms in total. The Morgan fingerprint density at radius 2 is 2.11 bits per heavy atom. The number of nitrogens with zero attached hydrogens (tertiary/aromatic N) is 6. The molecule has 3 rings (SSSR count). The lowest BCUT2D eigenvalue weighted by atomic mass is 10.2. The Bertz CT molecular complexity index is 1000. The van der Waals surface area contributed by atoms with Gasteiger partial charge in [0.15, 0.2) is 5.16 Å². The molecule has 3 N–H and O–H groups in total. The summed E-state index contributed by atoms with van der Waals surface area (Å²) in [5, 5.41) is 24.4. The van der Waals surface area contributed by atoms with Gasteiger partial charge in [-0.1, -0.05) is 42.1 Å². The highest BCUT2D eigenvalue weighted by atomic mass is 32.2. The molecule has 144 valence electrons. The van der Waals surface area contributed by atoms with Crippen molar-refractivity contribution in [1.82, 2.24) is 24.5 Å². The van der Waals surface area contributed by atoms with E-state index in [9.17, 15) is 4.79 Å². The largest absolute Gasteiger partial charge is 0.368 e.